The van der Waals surface area contributed by atoms with Gasteiger partial charge in [0, 0.05) is 56.3 Å². The van der Waals surface area contributed by atoms with Gasteiger partial charge in [-0.1, -0.05) is 88.4 Å². The molecule has 0 radical (unpaired) electrons. The first-order chi connectivity index (χ1) is 25.5. The summed E-state index contributed by atoms with van der Waals surface area (Å²) < 4.78 is 11.4. The van der Waals surface area contributed by atoms with Crippen LogP contribution in [-0.2, 0) is 40.3 Å². The Morgan fingerprint density at radius 3 is 2.04 bits per heavy atom. The molecule has 2 aromatic carbocycles. The molecule has 0 aliphatic rings. The lowest BCUT2D eigenvalue weighted by Crippen LogP contribution is -2.53. The first-order valence-corrected chi connectivity index (χ1v) is 20.0. The smallest absolute Gasteiger partial charge is 0.407 e. The van der Waals surface area contributed by atoms with E-state index >= 15 is 0 Å². The number of hydrogen-bond acceptors (Lipinski definition) is 9. The fourth-order valence-electron chi connectivity index (χ4n) is 5.63. The molecular formula is C40H54N6O5S2. The van der Waals surface area contributed by atoms with Gasteiger partial charge in [-0.05, 0) is 42.7 Å². The zero-order chi connectivity index (χ0) is 38.0. The summed E-state index contributed by atoms with van der Waals surface area (Å²) in [6.07, 6.45) is 3.81. The van der Waals surface area contributed by atoms with Gasteiger partial charge in [0.2, 0.25) is 5.91 Å². The molecule has 53 heavy (non-hydrogen) atoms. The van der Waals surface area contributed by atoms with Gasteiger partial charge in [0.1, 0.15) is 12.6 Å². The van der Waals surface area contributed by atoms with Gasteiger partial charge in [-0.25, -0.2) is 14.6 Å². The Balaban J connectivity index is 1.46. The fourth-order valence-corrected chi connectivity index (χ4v) is 6.97. The predicted molar refractivity (Wildman–Crippen MR) is 211 cm³/mol. The molecule has 2 aromatic heterocycles. The van der Waals surface area contributed by atoms with Gasteiger partial charge in [0.05, 0.1) is 27.6 Å². The van der Waals surface area contributed by atoms with Gasteiger partial charge in [0.25, 0.3) is 0 Å². The number of benzene rings is 2. The Bertz CT molecular complexity index is 1650. The van der Waals surface area contributed by atoms with E-state index in [0.29, 0.717) is 63.7 Å². The van der Waals surface area contributed by atoms with Crippen LogP contribution >= 0.6 is 22.7 Å². The monoisotopic (exact) mass is 762 g/mol. The largest absolute Gasteiger partial charge is 0.444 e. The van der Waals surface area contributed by atoms with Crippen LogP contribution in [0.1, 0.15) is 79.6 Å². The summed E-state index contributed by atoms with van der Waals surface area (Å²) >= 11 is 3.01. The average Bonchev–Trinajstić information content (AvgIpc) is 3.84. The van der Waals surface area contributed by atoms with Crippen molar-refractivity contribution in [3.8, 4) is 0 Å². The van der Waals surface area contributed by atoms with Gasteiger partial charge in [-0.15, -0.1) is 22.7 Å². The lowest BCUT2D eigenvalue weighted by Gasteiger charge is -2.27. The maximum absolute atomic E-state index is 14.1. The molecule has 2 heterocycles. The Morgan fingerprint density at radius 2 is 1.47 bits per heavy atom. The second kappa shape index (κ2) is 22.0. The highest BCUT2D eigenvalue weighted by Gasteiger charge is 2.26. The summed E-state index contributed by atoms with van der Waals surface area (Å²) in [5.41, 5.74) is 4.66. The van der Waals surface area contributed by atoms with Crippen molar-refractivity contribution in [1.29, 1.82) is 0 Å². The van der Waals surface area contributed by atoms with Crippen LogP contribution in [0.2, 0.25) is 0 Å². The normalized spacial score (nSPS) is 13.0. The van der Waals surface area contributed by atoms with E-state index in [1.165, 1.54) is 11.3 Å². The average molecular weight is 763 g/mol. The first-order valence-electron chi connectivity index (χ1n) is 18.3. The Morgan fingerprint density at radius 1 is 0.830 bits per heavy atom. The topological polar surface area (TPSA) is 135 Å². The molecule has 0 saturated carbocycles. The molecule has 0 fully saturated rings. The third-order valence-corrected chi connectivity index (χ3v) is 10.4. The quantitative estimate of drug-likeness (QED) is 0.0757. The maximum atomic E-state index is 14.1. The van der Waals surface area contributed by atoms with Crippen LogP contribution < -0.4 is 16.0 Å². The number of rotatable bonds is 21. The molecule has 11 nitrogen and oxygen atoms in total. The molecule has 4 rings (SSSR count). The second-order valence-corrected chi connectivity index (χ2v) is 15.9. The molecule has 286 valence electrons. The van der Waals surface area contributed by atoms with Crippen LogP contribution in [0.15, 0.2) is 77.8 Å². The van der Waals surface area contributed by atoms with E-state index < -0.39 is 12.1 Å². The maximum Gasteiger partial charge on any atom is 0.407 e. The number of urea groups is 1. The van der Waals surface area contributed by atoms with Crippen LogP contribution in [0, 0.1) is 5.92 Å². The Labute approximate surface area is 321 Å². The molecule has 0 bridgehead atoms. The van der Waals surface area contributed by atoms with E-state index in [0.717, 1.165) is 26.7 Å². The van der Waals surface area contributed by atoms with Crippen molar-refractivity contribution in [2.45, 2.75) is 97.0 Å². The number of nitrogens with zero attached hydrogens (tertiary/aromatic N) is 3. The zero-order valence-corrected chi connectivity index (χ0v) is 33.1. The summed E-state index contributed by atoms with van der Waals surface area (Å²) in [7, 11) is 1.70. The number of carbonyl (C=O) groups excluding carboxylic acids is 3. The molecule has 13 heteroatoms. The number of ether oxygens (including phenoxy) is 2. The highest BCUT2D eigenvalue weighted by molar-refractivity contribution is 7.09. The first kappa shape index (κ1) is 41.4. The van der Waals surface area contributed by atoms with Crippen molar-refractivity contribution in [3.05, 3.63) is 104 Å². The van der Waals surface area contributed by atoms with E-state index in [2.05, 4.69) is 53.6 Å². The Hall–Kier alpha value is -4.33. The molecule has 0 aliphatic heterocycles. The van der Waals surface area contributed by atoms with Gasteiger partial charge in [-0.2, -0.15) is 0 Å². The number of alkyl carbamates (subject to hydrolysis) is 1. The van der Waals surface area contributed by atoms with E-state index in [9.17, 15) is 14.4 Å². The molecule has 4 aromatic rings. The molecule has 0 aliphatic carbocycles. The van der Waals surface area contributed by atoms with Crippen LogP contribution in [0.5, 0.6) is 0 Å². The van der Waals surface area contributed by atoms with Crippen LogP contribution in [0.25, 0.3) is 0 Å². The molecule has 3 N–H and O–H groups in total. The number of aromatic nitrogens is 2. The summed E-state index contributed by atoms with van der Waals surface area (Å²) in [6, 6.07) is 18.2. The number of amides is 4. The zero-order valence-electron chi connectivity index (χ0n) is 31.5. The molecule has 0 spiro atoms. The fraction of sp³-hybridized carbons (Fsp3) is 0.475. The van der Waals surface area contributed by atoms with Crippen molar-refractivity contribution in [1.82, 2.24) is 30.8 Å². The van der Waals surface area contributed by atoms with Crippen LogP contribution in [0.4, 0.5) is 9.59 Å². The van der Waals surface area contributed by atoms with Crippen molar-refractivity contribution in [2.24, 2.45) is 5.92 Å². The standard InChI is InChI=1S/C40H54N6O5S2/c1-28(2)24-50-19-18-36(45-39(48)46(5)23-34-26-52-38(43-34)29(3)4)37(47)42-32(20-30-12-8-6-9-13-30)16-17-33(21-31-14-10-7-11-15-31)44-40(49)51-25-35-22-41-27-53-35/h6-15,22,26-29,32-33,36H,16-21,23-25H2,1-5H3,(H,42,47)(H,44,49)(H,45,48)/t32-,33-,36+/m1/s1. The van der Waals surface area contributed by atoms with E-state index in [1.54, 1.807) is 35.0 Å². The highest BCUT2D eigenvalue weighted by atomic mass is 32.1. The molecule has 3 atom stereocenters. The van der Waals surface area contributed by atoms with Crippen molar-refractivity contribution in [2.75, 3.05) is 20.3 Å². The van der Waals surface area contributed by atoms with Gasteiger partial charge in [0.15, 0.2) is 0 Å². The van der Waals surface area contributed by atoms with E-state index in [-0.39, 0.29) is 30.6 Å². The van der Waals surface area contributed by atoms with Crippen molar-refractivity contribution < 1.29 is 23.9 Å². The minimum absolute atomic E-state index is 0.146. The van der Waals surface area contributed by atoms with Crippen LogP contribution in [0.3, 0.4) is 0 Å². The minimum atomic E-state index is -0.822. The van der Waals surface area contributed by atoms with Gasteiger partial charge < -0.3 is 30.3 Å². The van der Waals surface area contributed by atoms with Crippen molar-refractivity contribution in [3.63, 3.8) is 0 Å². The summed E-state index contributed by atoms with van der Waals surface area (Å²) in [5, 5.41) is 12.3. The van der Waals surface area contributed by atoms with Crippen molar-refractivity contribution >= 4 is 40.7 Å². The Kier molecular flexibility index (Phi) is 17.2. The summed E-state index contributed by atoms with van der Waals surface area (Å²) in [5.74, 6) is 0.366. The predicted octanol–water partition coefficient (Wildman–Crippen LogP) is 7.34. The lowest BCUT2D eigenvalue weighted by molar-refractivity contribution is -0.124. The number of nitrogens with one attached hydrogen (secondary N) is 3. The second-order valence-electron chi connectivity index (χ2n) is 14.0. The number of hydrogen-bond donors (Lipinski definition) is 3. The minimum Gasteiger partial charge on any atom is -0.444 e. The third kappa shape index (κ3) is 15.3. The lowest BCUT2D eigenvalue weighted by atomic mass is 9.95. The third-order valence-electron chi connectivity index (χ3n) is 8.44. The van der Waals surface area contributed by atoms with E-state index in [4.69, 9.17) is 9.47 Å². The van der Waals surface area contributed by atoms with Crippen LogP contribution in [-0.4, -0.2) is 71.3 Å². The van der Waals surface area contributed by atoms with Gasteiger partial charge in [-0.3, -0.25) is 9.78 Å². The van der Waals surface area contributed by atoms with E-state index in [1.807, 2.05) is 66.0 Å². The SMILES string of the molecule is CC(C)COCC[C@H](NC(=O)N(C)Cc1csc(C(C)C)n1)C(=O)N[C@H](CC[C@H](Cc1ccccc1)NC(=O)OCc1cncs1)Cc1ccccc1. The summed E-state index contributed by atoms with van der Waals surface area (Å²) in [4.78, 5) is 51.6. The number of carbonyl (C=O) groups is 3. The molecule has 4 amide bonds. The molecule has 0 unspecified atom stereocenters. The van der Waals surface area contributed by atoms with Gasteiger partial charge >= 0.3 is 12.1 Å². The number of thiazole rings is 2. The molecular weight excluding hydrogens is 709 g/mol. The molecule has 0 saturated heterocycles. The highest BCUT2D eigenvalue weighted by Crippen LogP contribution is 2.20. The summed E-state index contributed by atoms with van der Waals surface area (Å²) in [6.45, 7) is 9.67.